The molecule has 1 aromatic carbocycles. The standard InChI is InChI=1S/C13H12FNOS/c1-10(16)17-7-3-2-4-12-8-11(9-15)5-6-13(12)14/h2,4-6,8H,3,7H2,1H3. The fourth-order valence-electron chi connectivity index (χ4n) is 1.22. The minimum absolute atomic E-state index is 0.0797. The highest BCUT2D eigenvalue weighted by Gasteiger charge is 1.99. The maximum atomic E-state index is 13.3. The van der Waals surface area contributed by atoms with Crippen LogP contribution in [0.15, 0.2) is 24.3 Å². The molecule has 0 fully saturated rings. The molecular formula is C13H12FNOS. The van der Waals surface area contributed by atoms with E-state index in [2.05, 4.69) is 0 Å². The number of thioether (sulfide) groups is 1. The van der Waals surface area contributed by atoms with Gasteiger partial charge in [-0.15, -0.1) is 0 Å². The zero-order valence-corrected chi connectivity index (χ0v) is 10.3. The number of hydrogen-bond donors (Lipinski definition) is 0. The second-order valence-electron chi connectivity index (χ2n) is 3.38. The van der Waals surface area contributed by atoms with E-state index in [0.29, 0.717) is 23.3 Å². The van der Waals surface area contributed by atoms with Crippen molar-refractivity contribution in [1.82, 2.24) is 0 Å². The predicted molar refractivity (Wildman–Crippen MR) is 67.9 cm³/mol. The highest BCUT2D eigenvalue weighted by Crippen LogP contribution is 2.13. The van der Waals surface area contributed by atoms with E-state index in [0.717, 1.165) is 0 Å². The van der Waals surface area contributed by atoms with Gasteiger partial charge in [0.1, 0.15) is 5.82 Å². The van der Waals surface area contributed by atoms with E-state index in [1.807, 2.05) is 6.07 Å². The summed E-state index contributed by atoms with van der Waals surface area (Å²) in [4.78, 5) is 10.7. The van der Waals surface area contributed by atoms with Gasteiger partial charge >= 0.3 is 0 Å². The average molecular weight is 249 g/mol. The Labute approximate surface area is 104 Å². The van der Waals surface area contributed by atoms with Crippen molar-refractivity contribution in [3.8, 4) is 6.07 Å². The average Bonchev–Trinajstić information content (AvgIpc) is 2.30. The molecular weight excluding hydrogens is 237 g/mol. The van der Waals surface area contributed by atoms with Crippen LogP contribution >= 0.6 is 11.8 Å². The summed E-state index contributed by atoms with van der Waals surface area (Å²) in [6, 6.07) is 6.19. The lowest BCUT2D eigenvalue weighted by Gasteiger charge is -1.97. The van der Waals surface area contributed by atoms with E-state index in [1.54, 1.807) is 12.2 Å². The highest BCUT2D eigenvalue weighted by atomic mass is 32.2. The number of allylic oxidation sites excluding steroid dienone is 1. The number of halogens is 1. The molecule has 0 saturated heterocycles. The van der Waals surface area contributed by atoms with Crippen molar-refractivity contribution in [1.29, 1.82) is 5.26 Å². The first-order valence-electron chi connectivity index (χ1n) is 5.13. The summed E-state index contributed by atoms with van der Waals surface area (Å²) in [5.74, 6) is 0.338. The molecule has 0 bridgehead atoms. The van der Waals surface area contributed by atoms with Gasteiger partial charge in [-0.1, -0.05) is 23.9 Å². The minimum Gasteiger partial charge on any atom is -0.288 e. The van der Waals surface area contributed by atoms with E-state index >= 15 is 0 Å². The Bertz CT molecular complexity index is 477. The van der Waals surface area contributed by atoms with Crippen molar-refractivity contribution in [2.45, 2.75) is 13.3 Å². The molecule has 0 spiro atoms. The van der Waals surface area contributed by atoms with Gasteiger partial charge in [0.05, 0.1) is 11.6 Å². The molecule has 0 N–H and O–H groups in total. The Hall–Kier alpha value is -1.60. The van der Waals surface area contributed by atoms with Crippen LogP contribution in [-0.4, -0.2) is 10.9 Å². The largest absolute Gasteiger partial charge is 0.288 e. The molecule has 0 radical (unpaired) electrons. The number of carbonyl (C=O) groups is 1. The fraction of sp³-hybridized carbons (Fsp3) is 0.231. The Morgan fingerprint density at radius 1 is 1.59 bits per heavy atom. The molecule has 0 aliphatic rings. The Morgan fingerprint density at radius 2 is 2.35 bits per heavy atom. The smallest absolute Gasteiger partial charge is 0.185 e. The summed E-state index contributed by atoms with van der Waals surface area (Å²) in [7, 11) is 0. The fourth-order valence-corrected chi connectivity index (χ4v) is 1.76. The Balaban J connectivity index is 2.59. The van der Waals surface area contributed by atoms with Gasteiger partial charge in [-0.05, 0) is 24.6 Å². The maximum absolute atomic E-state index is 13.3. The van der Waals surface area contributed by atoms with Crippen LogP contribution in [0.2, 0.25) is 0 Å². The van der Waals surface area contributed by atoms with Crippen LogP contribution in [0.4, 0.5) is 4.39 Å². The van der Waals surface area contributed by atoms with E-state index in [1.165, 1.54) is 36.9 Å². The van der Waals surface area contributed by atoms with Gasteiger partial charge in [0.25, 0.3) is 0 Å². The molecule has 88 valence electrons. The van der Waals surface area contributed by atoms with Crippen molar-refractivity contribution >= 4 is 23.0 Å². The lowest BCUT2D eigenvalue weighted by molar-refractivity contribution is -0.109. The SMILES string of the molecule is CC(=O)SCCC=Cc1cc(C#N)ccc1F. The topological polar surface area (TPSA) is 40.9 Å². The number of hydrogen-bond acceptors (Lipinski definition) is 3. The van der Waals surface area contributed by atoms with Gasteiger partial charge in [0.15, 0.2) is 5.12 Å². The second kappa shape index (κ2) is 6.87. The Kier molecular flexibility index (Phi) is 5.44. The number of nitrogens with zero attached hydrogens (tertiary/aromatic N) is 1. The summed E-state index contributed by atoms with van der Waals surface area (Å²) in [6.07, 6.45) is 4.13. The summed E-state index contributed by atoms with van der Waals surface area (Å²) in [6.45, 7) is 1.52. The molecule has 0 aliphatic heterocycles. The molecule has 0 atom stereocenters. The first-order chi connectivity index (χ1) is 8.13. The highest BCUT2D eigenvalue weighted by molar-refractivity contribution is 8.13. The van der Waals surface area contributed by atoms with Gasteiger partial charge in [-0.3, -0.25) is 4.79 Å². The van der Waals surface area contributed by atoms with Crippen LogP contribution in [0, 0.1) is 17.1 Å². The first kappa shape index (κ1) is 13.5. The zero-order chi connectivity index (χ0) is 12.7. The van der Waals surface area contributed by atoms with E-state index in [4.69, 9.17) is 5.26 Å². The van der Waals surface area contributed by atoms with Crippen molar-refractivity contribution in [3.05, 3.63) is 41.2 Å². The molecule has 0 amide bonds. The third kappa shape index (κ3) is 4.83. The van der Waals surface area contributed by atoms with Gasteiger partial charge in [0.2, 0.25) is 0 Å². The molecule has 0 aliphatic carbocycles. The molecule has 1 rings (SSSR count). The predicted octanol–water partition coefficient (Wildman–Crippen LogP) is 3.38. The maximum Gasteiger partial charge on any atom is 0.185 e. The number of carbonyl (C=O) groups excluding carboxylic acids is 1. The summed E-state index contributed by atoms with van der Waals surface area (Å²) in [5.41, 5.74) is 0.834. The molecule has 0 heterocycles. The lowest BCUT2D eigenvalue weighted by atomic mass is 10.1. The van der Waals surface area contributed by atoms with Gasteiger partial charge < -0.3 is 0 Å². The van der Waals surface area contributed by atoms with E-state index < -0.39 is 0 Å². The third-order valence-electron chi connectivity index (χ3n) is 2.01. The van der Waals surface area contributed by atoms with E-state index in [9.17, 15) is 9.18 Å². The molecule has 0 aromatic heterocycles. The van der Waals surface area contributed by atoms with Gasteiger partial charge in [0, 0.05) is 18.2 Å². The molecule has 17 heavy (non-hydrogen) atoms. The summed E-state index contributed by atoms with van der Waals surface area (Å²) in [5, 5.41) is 8.77. The number of rotatable bonds is 4. The van der Waals surface area contributed by atoms with Crippen molar-refractivity contribution in [3.63, 3.8) is 0 Å². The third-order valence-corrected chi connectivity index (χ3v) is 2.86. The van der Waals surface area contributed by atoms with Crippen molar-refractivity contribution in [2.75, 3.05) is 5.75 Å². The van der Waals surface area contributed by atoms with Gasteiger partial charge in [-0.25, -0.2) is 4.39 Å². The molecule has 0 saturated carbocycles. The van der Waals surface area contributed by atoms with Crippen LogP contribution in [-0.2, 0) is 4.79 Å². The quantitative estimate of drug-likeness (QED) is 0.768. The normalized spacial score (nSPS) is 10.4. The molecule has 0 unspecified atom stereocenters. The molecule has 2 nitrogen and oxygen atoms in total. The van der Waals surface area contributed by atoms with Gasteiger partial charge in [-0.2, -0.15) is 5.26 Å². The summed E-state index contributed by atoms with van der Waals surface area (Å²) >= 11 is 1.24. The van der Waals surface area contributed by atoms with Crippen LogP contribution in [0.3, 0.4) is 0 Å². The second-order valence-corrected chi connectivity index (χ2v) is 4.65. The zero-order valence-electron chi connectivity index (χ0n) is 9.44. The minimum atomic E-state index is -0.348. The van der Waals surface area contributed by atoms with E-state index in [-0.39, 0.29) is 10.9 Å². The molecule has 1 aromatic rings. The van der Waals surface area contributed by atoms with Crippen LogP contribution in [0.1, 0.15) is 24.5 Å². The van der Waals surface area contributed by atoms with Crippen LogP contribution < -0.4 is 0 Å². The van der Waals surface area contributed by atoms with Crippen molar-refractivity contribution in [2.24, 2.45) is 0 Å². The molecule has 4 heteroatoms. The summed E-state index contributed by atoms with van der Waals surface area (Å²) < 4.78 is 13.3. The first-order valence-corrected chi connectivity index (χ1v) is 6.11. The Morgan fingerprint density at radius 3 is 3.00 bits per heavy atom. The monoisotopic (exact) mass is 249 g/mol. The van der Waals surface area contributed by atoms with Crippen LogP contribution in [0.25, 0.3) is 6.08 Å². The number of nitriles is 1. The van der Waals surface area contributed by atoms with Crippen molar-refractivity contribution < 1.29 is 9.18 Å². The lowest BCUT2D eigenvalue weighted by Crippen LogP contribution is -1.85. The number of benzene rings is 1. The van der Waals surface area contributed by atoms with Crippen LogP contribution in [0.5, 0.6) is 0 Å².